The van der Waals surface area contributed by atoms with Crippen LogP contribution >= 0.6 is 0 Å². The zero-order chi connectivity index (χ0) is 16.4. The monoisotopic (exact) mass is 319 g/mol. The number of piperidine rings is 2. The van der Waals surface area contributed by atoms with Crippen LogP contribution in [0.3, 0.4) is 0 Å². The lowest BCUT2D eigenvalue weighted by Gasteiger charge is -2.41. The van der Waals surface area contributed by atoms with Gasteiger partial charge in [-0.05, 0) is 38.3 Å². The minimum atomic E-state index is -0.205. The lowest BCUT2D eigenvalue weighted by Crippen LogP contribution is -2.50. The van der Waals surface area contributed by atoms with Crippen molar-refractivity contribution in [2.24, 2.45) is 7.05 Å². The van der Waals surface area contributed by atoms with Gasteiger partial charge in [-0.25, -0.2) is 0 Å². The molecule has 2 saturated heterocycles. The van der Waals surface area contributed by atoms with Crippen LogP contribution in [0.1, 0.15) is 36.0 Å². The Kier molecular flexibility index (Phi) is 4.82. The number of hydrogen-bond acceptors (Lipinski definition) is 4. The summed E-state index contributed by atoms with van der Waals surface area (Å²) in [5.41, 5.74) is 0.313. The van der Waals surface area contributed by atoms with Crippen molar-refractivity contribution in [2.75, 3.05) is 26.2 Å². The maximum absolute atomic E-state index is 12.5. The predicted octanol–water partition coefficient (Wildman–Crippen LogP) is 0.447. The van der Waals surface area contributed by atoms with E-state index in [1.165, 1.54) is 10.6 Å². The first-order valence-corrected chi connectivity index (χ1v) is 8.42. The molecule has 6 nitrogen and oxygen atoms in total. The van der Waals surface area contributed by atoms with Crippen LogP contribution in [-0.2, 0) is 7.05 Å². The smallest absolute Gasteiger partial charge is 0.254 e. The Labute approximate surface area is 136 Å². The van der Waals surface area contributed by atoms with Crippen molar-refractivity contribution in [1.29, 1.82) is 0 Å². The molecule has 23 heavy (non-hydrogen) atoms. The van der Waals surface area contributed by atoms with Crippen molar-refractivity contribution >= 4 is 5.91 Å². The second-order valence-electron chi connectivity index (χ2n) is 6.68. The highest BCUT2D eigenvalue weighted by molar-refractivity contribution is 5.94. The van der Waals surface area contributed by atoms with E-state index >= 15 is 0 Å². The first-order valence-electron chi connectivity index (χ1n) is 8.42. The fraction of sp³-hybridized carbons (Fsp3) is 0.647. The van der Waals surface area contributed by atoms with Crippen LogP contribution in [0.2, 0.25) is 0 Å². The Hall–Kier alpha value is -1.66. The maximum Gasteiger partial charge on any atom is 0.254 e. The number of rotatable bonds is 2. The third kappa shape index (κ3) is 3.64. The van der Waals surface area contributed by atoms with E-state index in [2.05, 4.69) is 4.90 Å². The first-order chi connectivity index (χ1) is 11.0. The normalized spacial score (nSPS) is 23.9. The number of nitrogens with zero attached hydrogens (tertiary/aromatic N) is 3. The van der Waals surface area contributed by atoms with Crippen molar-refractivity contribution in [3.05, 3.63) is 34.2 Å². The molecule has 0 radical (unpaired) electrons. The summed E-state index contributed by atoms with van der Waals surface area (Å²) in [7, 11) is 1.68. The van der Waals surface area contributed by atoms with Crippen LogP contribution in [-0.4, -0.2) is 63.7 Å². The van der Waals surface area contributed by atoms with Crippen LogP contribution < -0.4 is 5.56 Å². The number of aromatic nitrogens is 1. The number of aliphatic hydroxyl groups excluding tert-OH is 1. The fourth-order valence-corrected chi connectivity index (χ4v) is 3.61. The highest BCUT2D eigenvalue weighted by Crippen LogP contribution is 2.22. The van der Waals surface area contributed by atoms with E-state index in [0.717, 1.165) is 38.8 Å². The Morgan fingerprint density at radius 2 is 1.96 bits per heavy atom. The molecule has 0 aliphatic carbocycles. The standard InChI is InChI=1S/C17H25N3O3/c1-18-8-4-13(11-16(18)22)17(23)19-9-5-14(6-10-19)20-7-2-3-15(21)12-20/h4,8,11,14-15,21H,2-3,5-7,9-10,12H2,1H3. The van der Waals surface area contributed by atoms with E-state index in [1.807, 2.05) is 4.90 Å². The lowest BCUT2D eigenvalue weighted by molar-refractivity contribution is 0.0240. The van der Waals surface area contributed by atoms with Crippen LogP contribution in [0.25, 0.3) is 0 Å². The molecule has 2 aliphatic rings. The number of amides is 1. The summed E-state index contributed by atoms with van der Waals surface area (Å²) >= 11 is 0. The minimum Gasteiger partial charge on any atom is -0.392 e. The highest BCUT2D eigenvalue weighted by atomic mass is 16.3. The van der Waals surface area contributed by atoms with Gasteiger partial charge in [0.1, 0.15) is 0 Å². The summed E-state index contributed by atoms with van der Waals surface area (Å²) in [6, 6.07) is 3.57. The summed E-state index contributed by atoms with van der Waals surface area (Å²) in [5, 5.41) is 9.81. The van der Waals surface area contributed by atoms with Crippen LogP contribution in [0, 0.1) is 0 Å². The predicted molar refractivity (Wildman–Crippen MR) is 87.4 cm³/mol. The van der Waals surface area contributed by atoms with Gasteiger partial charge in [-0.2, -0.15) is 0 Å². The fourth-order valence-electron chi connectivity index (χ4n) is 3.61. The van der Waals surface area contributed by atoms with E-state index in [9.17, 15) is 14.7 Å². The highest BCUT2D eigenvalue weighted by Gasteiger charge is 2.30. The molecule has 0 aromatic carbocycles. The summed E-state index contributed by atoms with van der Waals surface area (Å²) in [6.45, 7) is 3.23. The van der Waals surface area contributed by atoms with Gasteiger partial charge in [-0.15, -0.1) is 0 Å². The molecule has 2 aliphatic heterocycles. The van der Waals surface area contributed by atoms with Gasteiger partial charge in [0.15, 0.2) is 0 Å². The van der Waals surface area contributed by atoms with E-state index in [1.54, 1.807) is 19.3 Å². The second-order valence-corrected chi connectivity index (χ2v) is 6.68. The number of β-amino-alcohol motifs (C(OH)–C–C–N with tert-alkyl or cyclic N) is 1. The minimum absolute atomic E-state index is 0.0557. The van der Waals surface area contributed by atoms with E-state index in [0.29, 0.717) is 24.7 Å². The largest absolute Gasteiger partial charge is 0.392 e. The molecule has 1 N–H and O–H groups in total. The van der Waals surface area contributed by atoms with E-state index < -0.39 is 0 Å². The van der Waals surface area contributed by atoms with Crippen LogP contribution in [0.5, 0.6) is 0 Å². The molecule has 6 heteroatoms. The molecule has 3 rings (SSSR count). The maximum atomic E-state index is 12.5. The van der Waals surface area contributed by atoms with Crippen molar-refractivity contribution < 1.29 is 9.90 Å². The molecule has 126 valence electrons. The quantitative estimate of drug-likeness (QED) is 0.859. The molecule has 1 aromatic heterocycles. The van der Waals surface area contributed by atoms with Gasteiger partial charge in [0.2, 0.25) is 0 Å². The number of likely N-dealkylation sites (tertiary alicyclic amines) is 2. The summed E-state index contributed by atoms with van der Waals surface area (Å²) < 4.78 is 1.46. The summed E-state index contributed by atoms with van der Waals surface area (Å²) in [6.07, 6.45) is 5.25. The molecule has 1 aromatic rings. The van der Waals surface area contributed by atoms with Gasteiger partial charge < -0.3 is 14.6 Å². The Balaban J connectivity index is 1.58. The molecular formula is C17H25N3O3. The van der Waals surface area contributed by atoms with E-state index in [-0.39, 0.29) is 17.6 Å². The number of pyridine rings is 1. The van der Waals surface area contributed by atoms with Crippen molar-refractivity contribution in [3.8, 4) is 0 Å². The second kappa shape index (κ2) is 6.84. The molecule has 3 heterocycles. The average molecular weight is 319 g/mol. The van der Waals surface area contributed by atoms with Gasteiger partial charge in [-0.3, -0.25) is 14.5 Å². The van der Waals surface area contributed by atoms with Crippen LogP contribution in [0.4, 0.5) is 0 Å². The zero-order valence-electron chi connectivity index (χ0n) is 13.6. The third-order valence-corrected chi connectivity index (χ3v) is 5.05. The van der Waals surface area contributed by atoms with E-state index in [4.69, 9.17) is 0 Å². The molecule has 2 fully saturated rings. The SMILES string of the molecule is Cn1ccc(C(=O)N2CCC(N3CCCC(O)C3)CC2)cc1=O. The third-order valence-electron chi connectivity index (χ3n) is 5.05. The Morgan fingerprint density at radius 3 is 2.61 bits per heavy atom. The topological polar surface area (TPSA) is 65.8 Å². The zero-order valence-corrected chi connectivity index (χ0v) is 13.6. The Morgan fingerprint density at radius 1 is 1.22 bits per heavy atom. The van der Waals surface area contributed by atoms with Gasteiger partial charge in [0.25, 0.3) is 11.5 Å². The molecule has 1 atom stereocenters. The molecule has 0 spiro atoms. The molecule has 0 saturated carbocycles. The molecule has 1 amide bonds. The van der Waals surface area contributed by atoms with Gasteiger partial charge in [0.05, 0.1) is 6.10 Å². The summed E-state index contributed by atoms with van der Waals surface area (Å²) in [5.74, 6) is -0.0557. The van der Waals surface area contributed by atoms with Gasteiger partial charge >= 0.3 is 0 Å². The number of aliphatic hydroxyl groups is 1. The van der Waals surface area contributed by atoms with Crippen molar-refractivity contribution in [2.45, 2.75) is 37.8 Å². The van der Waals surface area contributed by atoms with Gasteiger partial charge in [-0.1, -0.05) is 0 Å². The Bertz CT molecular complexity index is 620. The summed E-state index contributed by atoms with van der Waals surface area (Å²) in [4.78, 5) is 28.4. The number of carbonyl (C=O) groups is 1. The van der Waals surface area contributed by atoms with Crippen LogP contribution in [0.15, 0.2) is 23.1 Å². The molecule has 0 bridgehead atoms. The average Bonchev–Trinajstić information content (AvgIpc) is 2.57. The van der Waals surface area contributed by atoms with Crippen molar-refractivity contribution in [3.63, 3.8) is 0 Å². The van der Waals surface area contributed by atoms with Gasteiger partial charge in [0, 0.05) is 50.6 Å². The van der Waals surface area contributed by atoms with Crippen molar-refractivity contribution in [1.82, 2.24) is 14.4 Å². The molecule has 1 unspecified atom stereocenters. The lowest BCUT2D eigenvalue weighted by atomic mass is 9.98. The molecular weight excluding hydrogens is 294 g/mol. The number of aryl methyl sites for hydroxylation is 1. The first kappa shape index (κ1) is 16.2. The number of carbonyl (C=O) groups excluding carboxylic acids is 1. The number of hydrogen-bond donors (Lipinski definition) is 1.